The molecule has 0 saturated carbocycles. The first-order valence-electron chi connectivity index (χ1n) is 6.16. The summed E-state index contributed by atoms with van der Waals surface area (Å²) < 4.78 is 0. The van der Waals surface area contributed by atoms with E-state index >= 15 is 0 Å². The molecule has 0 aromatic carbocycles. The molecule has 0 spiro atoms. The lowest BCUT2D eigenvalue weighted by atomic mass is 9.89. The van der Waals surface area contributed by atoms with E-state index < -0.39 is 0 Å². The minimum atomic E-state index is -0.193. The van der Waals surface area contributed by atoms with E-state index in [4.69, 9.17) is 5.26 Å². The maximum Gasteiger partial charge on any atom is 0.123 e. The highest BCUT2D eigenvalue weighted by atomic mass is 16.1. The zero-order valence-corrected chi connectivity index (χ0v) is 10.4. The lowest BCUT2D eigenvalue weighted by Crippen LogP contribution is -2.35. The quantitative estimate of drug-likeness (QED) is 0.670. The summed E-state index contributed by atoms with van der Waals surface area (Å²) in [5, 5.41) is 8.90. The van der Waals surface area contributed by atoms with Crippen molar-refractivity contribution in [1.29, 1.82) is 5.26 Å². The number of carbonyl (C=O) groups is 1. The molecule has 0 bridgehead atoms. The molecule has 0 radical (unpaired) electrons. The van der Waals surface area contributed by atoms with E-state index in [1.54, 1.807) is 0 Å². The molecule has 1 aliphatic rings. The van der Waals surface area contributed by atoms with Gasteiger partial charge in [-0.05, 0) is 59.2 Å². The van der Waals surface area contributed by atoms with Gasteiger partial charge in [0, 0.05) is 5.92 Å². The molecule has 0 N–H and O–H groups in total. The molecule has 1 saturated heterocycles. The van der Waals surface area contributed by atoms with Gasteiger partial charge in [0.1, 0.15) is 6.29 Å². The van der Waals surface area contributed by atoms with E-state index in [1.807, 2.05) is 13.8 Å². The van der Waals surface area contributed by atoms with Gasteiger partial charge < -0.3 is 9.69 Å². The van der Waals surface area contributed by atoms with Gasteiger partial charge in [0.2, 0.25) is 0 Å². The van der Waals surface area contributed by atoms with Crippen LogP contribution in [0.3, 0.4) is 0 Å². The van der Waals surface area contributed by atoms with E-state index in [9.17, 15) is 4.79 Å². The van der Waals surface area contributed by atoms with Gasteiger partial charge in [-0.15, -0.1) is 0 Å². The molecule has 0 unspecified atom stereocenters. The number of piperidine rings is 1. The molecule has 16 heavy (non-hydrogen) atoms. The van der Waals surface area contributed by atoms with E-state index in [1.165, 1.54) is 0 Å². The van der Waals surface area contributed by atoms with Gasteiger partial charge in [-0.25, -0.2) is 0 Å². The Morgan fingerprint density at radius 1 is 1.44 bits per heavy atom. The van der Waals surface area contributed by atoms with Crippen LogP contribution in [0.15, 0.2) is 0 Å². The van der Waals surface area contributed by atoms with Crippen LogP contribution in [-0.4, -0.2) is 30.8 Å². The van der Waals surface area contributed by atoms with Gasteiger partial charge in [0.05, 0.1) is 11.5 Å². The predicted octanol–water partition coefficient (Wildman–Crippen LogP) is 2.23. The van der Waals surface area contributed by atoms with Crippen molar-refractivity contribution in [3.05, 3.63) is 0 Å². The van der Waals surface area contributed by atoms with Gasteiger partial charge in [0.25, 0.3) is 0 Å². The van der Waals surface area contributed by atoms with Crippen molar-refractivity contribution in [3.63, 3.8) is 0 Å². The number of nitriles is 1. The van der Waals surface area contributed by atoms with Crippen molar-refractivity contribution in [1.82, 2.24) is 4.90 Å². The van der Waals surface area contributed by atoms with E-state index in [-0.39, 0.29) is 11.3 Å². The Morgan fingerprint density at radius 2 is 2.06 bits per heavy atom. The maximum atomic E-state index is 10.6. The maximum absolute atomic E-state index is 10.6. The molecule has 3 nitrogen and oxygen atoms in total. The summed E-state index contributed by atoms with van der Waals surface area (Å²) in [6.07, 6.45) is 5.13. The number of hydrogen-bond donors (Lipinski definition) is 0. The molecule has 1 aliphatic heterocycles. The minimum Gasteiger partial charge on any atom is -0.303 e. The third-order valence-electron chi connectivity index (χ3n) is 3.40. The Balaban J connectivity index is 2.16. The van der Waals surface area contributed by atoms with Crippen LogP contribution < -0.4 is 0 Å². The Morgan fingerprint density at radius 3 is 2.56 bits per heavy atom. The highest BCUT2D eigenvalue weighted by Crippen LogP contribution is 2.22. The molecule has 0 aliphatic carbocycles. The van der Waals surface area contributed by atoms with Gasteiger partial charge in [-0.2, -0.15) is 5.26 Å². The summed E-state index contributed by atoms with van der Waals surface area (Å²) in [6, 6.07) is 2.33. The predicted molar refractivity (Wildman–Crippen MR) is 63.9 cm³/mol. The lowest BCUT2D eigenvalue weighted by Gasteiger charge is -2.30. The van der Waals surface area contributed by atoms with E-state index in [0.717, 1.165) is 51.6 Å². The fourth-order valence-electron chi connectivity index (χ4n) is 2.11. The van der Waals surface area contributed by atoms with Gasteiger partial charge in [-0.1, -0.05) is 0 Å². The molecule has 0 amide bonds. The first-order valence-corrected chi connectivity index (χ1v) is 6.16. The summed E-state index contributed by atoms with van der Waals surface area (Å²) in [5.74, 6) is 0.284. The number of rotatable bonds is 5. The molecule has 0 aromatic rings. The molecule has 90 valence electrons. The van der Waals surface area contributed by atoms with E-state index in [2.05, 4.69) is 11.0 Å². The zero-order chi connectivity index (χ0) is 12.0. The molecular weight excluding hydrogens is 200 g/mol. The fourth-order valence-corrected chi connectivity index (χ4v) is 2.11. The fraction of sp³-hybridized carbons (Fsp3) is 0.846. The monoisotopic (exact) mass is 222 g/mol. The highest BCUT2D eigenvalue weighted by molar-refractivity contribution is 5.53. The largest absolute Gasteiger partial charge is 0.303 e. The van der Waals surface area contributed by atoms with Crippen molar-refractivity contribution in [2.75, 3.05) is 19.6 Å². The van der Waals surface area contributed by atoms with Gasteiger partial charge >= 0.3 is 0 Å². The lowest BCUT2D eigenvalue weighted by molar-refractivity contribution is -0.112. The van der Waals surface area contributed by atoms with Crippen LogP contribution in [0.25, 0.3) is 0 Å². The molecule has 1 heterocycles. The van der Waals surface area contributed by atoms with Crippen molar-refractivity contribution < 1.29 is 4.79 Å². The van der Waals surface area contributed by atoms with Crippen LogP contribution in [0.1, 0.15) is 39.5 Å². The second kappa shape index (κ2) is 6.00. The molecule has 3 heteroatoms. The molecule has 1 fully saturated rings. The summed E-state index contributed by atoms with van der Waals surface area (Å²) >= 11 is 0. The second-order valence-corrected chi connectivity index (χ2v) is 5.41. The Labute approximate surface area is 98.4 Å². The highest BCUT2D eigenvalue weighted by Gasteiger charge is 2.20. The first-order chi connectivity index (χ1) is 7.57. The Kier molecular flexibility index (Phi) is 4.95. The summed E-state index contributed by atoms with van der Waals surface area (Å²) in [5.41, 5.74) is -0.193. The average Bonchev–Trinajstić information content (AvgIpc) is 2.30. The van der Waals surface area contributed by atoms with E-state index in [0.29, 0.717) is 0 Å². The number of nitrogens with zero attached hydrogens (tertiary/aromatic N) is 2. The second-order valence-electron chi connectivity index (χ2n) is 5.41. The van der Waals surface area contributed by atoms with Gasteiger partial charge in [0.15, 0.2) is 0 Å². The Bertz CT molecular complexity index is 260. The van der Waals surface area contributed by atoms with Crippen LogP contribution in [0, 0.1) is 22.7 Å². The third-order valence-corrected chi connectivity index (χ3v) is 3.40. The average molecular weight is 222 g/mol. The topological polar surface area (TPSA) is 44.1 Å². The van der Waals surface area contributed by atoms with Crippen molar-refractivity contribution in [3.8, 4) is 6.07 Å². The SMILES string of the molecule is CC(C)(C#N)CCCN1CCC(C=O)CC1. The molecular formula is C13H22N2O. The third kappa shape index (κ3) is 4.32. The smallest absolute Gasteiger partial charge is 0.123 e. The van der Waals surface area contributed by atoms with Crippen molar-refractivity contribution in [2.45, 2.75) is 39.5 Å². The number of hydrogen-bond acceptors (Lipinski definition) is 3. The van der Waals surface area contributed by atoms with Crippen molar-refractivity contribution in [2.24, 2.45) is 11.3 Å². The molecule has 0 atom stereocenters. The van der Waals surface area contributed by atoms with Crippen molar-refractivity contribution >= 4 is 6.29 Å². The summed E-state index contributed by atoms with van der Waals surface area (Å²) in [6.45, 7) is 7.13. The minimum absolute atomic E-state index is 0.193. The Hall–Kier alpha value is -0.880. The molecule has 0 aromatic heterocycles. The number of aldehydes is 1. The number of carbonyl (C=O) groups excluding carboxylic acids is 1. The zero-order valence-electron chi connectivity index (χ0n) is 10.4. The first kappa shape index (κ1) is 13.2. The van der Waals surface area contributed by atoms with Crippen LogP contribution >= 0.6 is 0 Å². The standard InChI is InChI=1S/C13H22N2O/c1-13(2,11-14)6-3-7-15-8-4-12(10-16)5-9-15/h10,12H,3-9H2,1-2H3. The summed E-state index contributed by atoms with van der Waals surface area (Å²) in [7, 11) is 0. The van der Waals surface area contributed by atoms with Crippen LogP contribution in [0.4, 0.5) is 0 Å². The summed E-state index contributed by atoms with van der Waals surface area (Å²) in [4.78, 5) is 13.0. The van der Waals surface area contributed by atoms with Crippen LogP contribution in [0.2, 0.25) is 0 Å². The molecule has 1 rings (SSSR count). The van der Waals surface area contributed by atoms with Crippen LogP contribution in [0.5, 0.6) is 0 Å². The number of likely N-dealkylation sites (tertiary alicyclic amines) is 1. The van der Waals surface area contributed by atoms with Gasteiger partial charge in [-0.3, -0.25) is 0 Å². The normalized spacial score (nSPS) is 19.3. The van der Waals surface area contributed by atoms with Crippen LogP contribution in [-0.2, 0) is 4.79 Å².